The van der Waals surface area contributed by atoms with E-state index in [-0.39, 0.29) is 18.3 Å². The largest absolute Gasteiger partial charge is 0.489 e. The van der Waals surface area contributed by atoms with E-state index in [1.807, 2.05) is 24.3 Å². The van der Waals surface area contributed by atoms with Gasteiger partial charge in [-0.2, -0.15) is 0 Å². The molecule has 0 bridgehead atoms. The van der Waals surface area contributed by atoms with Gasteiger partial charge in [0, 0.05) is 6.61 Å². The summed E-state index contributed by atoms with van der Waals surface area (Å²) in [4.78, 5) is 0. The molecule has 4 heteroatoms. The van der Waals surface area contributed by atoms with Crippen molar-refractivity contribution in [1.29, 1.82) is 0 Å². The first kappa shape index (κ1) is 15.5. The van der Waals surface area contributed by atoms with E-state index in [1.54, 1.807) is 12.1 Å². The van der Waals surface area contributed by atoms with Crippen LogP contribution in [0.2, 0.25) is 0 Å². The molecule has 112 valence electrons. The Morgan fingerprint density at radius 3 is 2.52 bits per heavy atom. The second-order valence-corrected chi connectivity index (χ2v) is 5.05. The van der Waals surface area contributed by atoms with Gasteiger partial charge >= 0.3 is 0 Å². The van der Waals surface area contributed by atoms with Crippen LogP contribution in [-0.4, -0.2) is 18.3 Å². The van der Waals surface area contributed by atoms with Gasteiger partial charge in [-0.3, -0.25) is 0 Å². The maximum Gasteiger partial charge on any atom is 0.123 e. The predicted octanol–water partition coefficient (Wildman–Crippen LogP) is 2.51. The van der Waals surface area contributed by atoms with Crippen molar-refractivity contribution < 1.29 is 14.2 Å². The molecule has 3 N–H and O–H groups in total. The Bertz CT molecular complexity index is 553. The second-order valence-electron chi connectivity index (χ2n) is 5.05. The molecule has 2 aromatic carbocycles. The lowest BCUT2D eigenvalue weighted by Gasteiger charge is -2.12. The molecule has 2 aromatic rings. The molecule has 1 unspecified atom stereocenters. The van der Waals surface area contributed by atoms with Crippen molar-refractivity contribution in [2.75, 3.05) is 13.2 Å². The van der Waals surface area contributed by atoms with Crippen LogP contribution in [0.25, 0.3) is 0 Å². The number of hydrogen-bond donors (Lipinski definition) is 2. The molecule has 0 aromatic heterocycles. The zero-order chi connectivity index (χ0) is 15.1. The summed E-state index contributed by atoms with van der Waals surface area (Å²) < 4.78 is 18.5. The molecular weight excluding hydrogens is 269 g/mol. The third kappa shape index (κ3) is 4.85. The number of halogens is 1. The highest BCUT2D eigenvalue weighted by Gasteiger charge is 2.07. The van der Waals surface area contributed by atoms with Crippen LogP contribution in [0, 0.1) is 11.7 Å². The average Bonchev–Trinajstić information content (AvgIpc) is 2.52. The van der Waals surface area contributed by atoms with Crippen LogP contribution in [0.15, 0.2) is 48.5 Å². The predicted molar refractivity (Wildman–Crippen MR) is 80.5 cm³/mol. The minimum absolute atomic E-state index is 0.0670. The van der Waals surface area contributed by atoms with E-state index in [9.17, 15) is 9.50 Å². The van der Waals surface area contributed by atoms with Gasteiger partial charge in [-0.15, -0.1) is 0 Å². The molecule has 0 aliphatic rings. The summed E-state index contributed by atoms with van der Waals surface area (Å²) in [5, 5.41) is 9.19. The lowest BCUT2D eigenvalue weighted by atomic mass is 10.0. The fraction of sp³-hybridized carbons (Fsp3) is 0.294. The number of nitrogens with two attached hydrogens (primary N) is 1. The van der Waals surface area contributed by atoms with Crippen LogP contribution in [0.4, 0.5) is 4.39 Å². The molecule has 2 rings (SSSR count). The van der Waals surface area contributed by atoms with Crippen molar-refractivity contribution in [2.45, 2.75) is 13.0 Å². The maximum atomic E-state index is 12.8. The number of hydrogen-bond acceptors (Lipinski definition) is 3. The maximum absolute atomic E-state index is 12.8. The Labute approximate surface area is 124 Å². The summed E-state index contributed by atoms with van der Waals surface area (Å²) in [6.07, 6.45) is 0.723. The van der Waals surface area contributed by atoms with Gasteiger partial charge in [-0.05, 0) is 54.3 Å². The molecule has 21 heavy (non-hydrogen) atoms. The van der Waals surface area contributed by atoms with Crippen LogP contribution in [-0.2, 0) is 13.0 Å². The third-order valence-corrected chi connectivity index (χ3v) is 3.33. The zero-order valence-corrected chi connectivity index (χ0v) is 11.8. The Morgan fingerprint density at radius 2 is 1.86 bits per heavy atom. The Hall–Kier alpha value is -1.91. The highest BCUT2D eigenvalue weighted by Crippen LogP contribution is 2.17. The first-order valence-corrected chi connectivity index (χ1v) is 6.98. The summed E-state index contributed by atoms with van der Waals surface area (Å²) in [6, 6.07) is 14.0. The summed E-state index contributed by atoms with van der Waals surface area (Å²) in [6.45, 7) is 0.929. The molecule has 0 saturated heterocycles. The fourth-order valence-electron chi connectivity index (χ4n) is 2.07. The lowest BCUT2D eigenvalue weighted by Crippen LogP contribution is -2.20. The number of ether oxygens (including phenoxy) is 1. The molecule has 1 atom stereocenters. The van der Waals surface area contributed by atoms with E-state index in [2.05, 4.69) is 0 Å². The van der Waals surface area contributed by atoms with Gasteiger partial charge in [-0.25, -0.2) is 4.39 Å². The van der Waals surface area contributed by atoms with E-state index >= 15 is 0 Å². The van der Waals surface area contributed by atoms with Crippen LogP contribution < -0.4 is 10.5 Å². The highest BCUT2D eigenvalue weighted by molar-refractivity contribution is 5.29. The van der Waals surface area contributed by atoms with Crippen LogP contribution >= 0.6 is 0 Å². The molecule has 0 fully saturated rings. The summed E-state index contributed by atoms with van der Waals surface area (Å²) >= 11 is 0. The van der Waals surface area contributed by atoms with Gasteiger partial charge in [0.2, 0.25) is 0 Å². The molecule has 0 spiro atoms. The van der Waals surface area contributed by atoms with Crippen molar-refractivity contribution in [1.82, 2.24) is 0 Å². The summed E-state index contributed by atoms with van der Waals surface area (Å²) in [5.41, 5.74) is 7.59. The van der Waals surface area contributed by atoms with E-state index in [1.165, 1.54) is 12.1 Å². The number of aliphatic hydroxyl groups excluding tert-OH is 1. The molecular formula is C17H20FNO2. The summed E-state index contributed by atoms with van der Waals surface area (Å²) in [7, 11) is 0. The van der Waals surface area contributed by atoms with Crippen LogP contribution in [0.1, 0.15) is 11.1 Å². The van der Waals surface area contributed by atoms with Gasteiger partial charge in [0.15, 0.2) is 0 Å². The van der Waals surface area contributed by atoms with Crippen LogP contribution in [0.5, 0.6) is 5.75 Å². The average molecular weight is 289 g/mol. The van der Waals surface area contributed by atoms with Gasteiger partial charge in [0.1, 0.15) is 18.2 Å². The molecule has 0 saturated carbocycles. The Kier molecular flexibility index (Phi) is 5.72. The number of aliphatic hydroxyl groups is 1. The standard InChI is InChI=1S/C17H20FNO2/c18-16-6-4-13(5-7-16)12-21-17-3-1-2-14(9-17)8-15(10-19)11-20/h1-7,9,15,20H,8,10-12,19H2. The van der Waals surface area contributed by atoms with Crippen LogP contribution in [0.3, 0.4) is 0 Å². The highest BCUT2D eigenvalue weighted by atomic mass is 19.1. The number of benzene rings is 2. The van der Waals surface area contributed by atoms with Crippen molar-refractivity contribution in [3.05, 3.63) is 65.5 Å². The first-order chi connectivity index (χ1) is 10.2. The van der Waals surface area contributed by atoms with E-state index in [4.69, 9.17) is 10.5 Å². The minimum Gasteiger partial charge on any atom is -0.489 e. The topological polar surface area (TPSA) is 55.5 Å². The summed E-state index contributed by atoms with van der Waals surface area (Å²) in [5.74, 6) is 0.570. The monoisotopic (exact) mass is 289 g/mol. The van der Waals surface area contributed by atoms with Crippen molar-refractivity contribution in [3.8, 4) is 5.75 Å². The normalized spacial score (nSPS) is 12.1. The molecule has 0 heterocycles. The fourth-order valence-corrected chi connectivity index (χ4v) is 2.07. The van der Waals surface area contributed by atoms with Gasteiger partial charge in [-0.1, -0.05) is 24.3 Å². The van der Waals surface area contributed by atoms with E-state index in [0.29, 0.717) is 13.2 Å². The van der Waals surface area contributed by atoms with Gasteiger partial charge < -0.3 is 15.6 Å². The molecule has 0 aliphatic carbocycles. The van der Waals surface area contributed by atoms with Crippen molar-refractivity contribution >= 4 is 0 Å². The SMILES string of the molecule is NCC(CO)Cc1cccc(OCc2ccc(F)cc2)c1. The quantitative estimate of drug-likeness (QED) is 0.823. The Balaban J connectivity index is 1.95. The van der Waals surface area contributed by atoms with E-state index in [0.717, 1.165) is 23.3 Å². The van der Waals surface area contributed by atoms with E-state index < -0.39 is 0 Å². The first-order valence-electron chi connectivity index (χ1n) is 6.98. The molecule has 0 amide bonds. The van der Waals surface area contributed by atoms with Crippen molar-refractivity contribution in [2.24, 2.45) is 11.7 Å². The second kappa shape index (κ2) is 7.76. The van der Waals surface area contributed by atoms with Gasteiger partial charge in [0.05, 0.1) is 0 Å². The smallest absolute Gasteiger partial charge is 0.123 e. The Morgan fingerprint density at radius 1 is 1.10 bits per heavy atom. The molecule has 0 radical (unpaired) electrons. The molecule has 3 nitrogen and oxygen atoms in total. The van der Waals surface area contributed by atoms with Gasteiger partial charge in [0.25, 0.3) is 0 Å². The third-order valence-electron chi connectivity index (χ3n) is 3.33. The molecule has 0 aliphatic heterocycles. The zero-order valence-electron chi connectivity index (χ0n) is 11.8. The number of rotatable bonds is 7. The van der Waals surface area contributed by atoms with Crippen molar-refractivity contribution in [3.63, 3.8) is 0 Å². The lowest BCUT2D eigenvalue weighted by molar-refractivity contribution is 0.229. The minimum atomic E-state index is -0.252.